The van der Waals surface area contributed by atoms with E-state index in [9.17, 15) is 14.9 Å². The molecule has 2 aromatic carbocycles. The summed E-state index contributed by atoms with van der Waals surface area (Å²) >= 11 is 0. The Morgan fingerprint density at radius 3 is 2.61 bits per heavy atom. The van der Waals surface area contributed by atoms with Gasteiger partial charge in [0.1, 0.15) is 35.0 Å². The van der Waals surface area contributed by atoms with E-state index in [2.05, 4.69) is 20.6 Å². The summed E-state index contributed by atoms with van der Waals surface area (Å²) < 4.78 is 8.91. The van der Waals surface area contributed by atoms with Crippen LogP contribution in [-0.4, -0.2) is 44.1 Å². The van der Waals surface area contributed by atoms with E-state index in [0.717, 1.165) is 19.4 Å². The third-order valence-corrected chi connectivity index (χ3v) is 6.95. The number of imidazole rings is 1. The summed E-state index contributed by atoms with van der Waals surface area (Å²) in [7, 11) is 0. The molecule has 2 aromatic heterocycles. The van der Waals surface area contributed by atoms with E-state index < -0.39 is 11.3 Å². The Morgan fingerprint density at radius 2 is 1.93 bits per heavy atom. The number of amides is 1. The monoisotopic (exact) mass is 552 g/mol. The van der Waals surface area contributed by atoms with Crippen molar-refractivity contribution < 1.29 is 9.53 Å². The van der Waals surface area contributed by atoms with Crippen LogP contribution in [-0.2, 0) is 11.3 Å². The van der Waals surface area contributed by atoms with Crippen LogP contribution < -0.4 is 26.8 Å². The maximum atomic E-state index is 13.8. The molecule has 1 unspecified atom stereocenters. The first kappa shape index (κ1) is 27.6. The maximum absolute atomic E-state index is 13.8. The van der Waals surface area contributed by atoms with E-state index in [1.807, 2.05) is 50.2 Å². The van der Waals surface area contributed by atoms with E-state index in [-0.39, 0.29) is 36.2 Å². The van der Waals surface area contributed by atoms with E-state index in [1.165, 1.54) is 15.5 Å². The van der Waals surface area contributed by atoms with Crippen molar-refractivity contribution in [2.24, 2.45) is 5.41 Å². The predicted octanol–water partition coefficient (Wildman–Crippen LogP) is 3.30. The first-order chi connectivity index (χ1) is 19.8. The van der Waals surface area contributed by atoms with Crippen molar-refractivity contribution in [2.75, 3.05) is 18.8 Å². The smallest absolute Gasteiger partial charge is 0.335 e. The minimum Gasteiger partial charge on any atom is -0.457 e. The van der Waals surface area contributed by atoms with Crippen LogP contribution in [0.3, 0.4) is 0 Å². The molecule has 4 aromatic rings. The van der Waals surface area contributed by atoms with Crippen LogP contribution in [0, 0.1) is 16.7 Å². The van der Waals surface area contributed by atoms with Crippen molar-refractivity contribution in [1.82, 2.24) is 29.7 Å². The number of fused-ring (bicyclic) bond motifs is 1. The zero-order chi connectivity index (χ0) is 29.0. The molecular formula is C30H32N8O3. The van der Waals surface area contributed by atoms with Crippen molar-refractivity contribution in [1.29, 1.82) is 5.26 Å². The number of rotatable bonds is 9. The van der Waals surface area contributed by atoms with Crippen LogP contribution in [0.15, 0.2) is 77.4 Å². The molecule has 11 heteroatoms. The van der Waals surface area contributed by atoms with Crippen molar-refractivity contribution >= 4 is 22.9 Å². The molecule has 5 rings (SSSR count). The molecule has 0 spiro atoms. The average molecular weight is 553 g/mol. The fourth-order valence-electron chi connectivity index (χ4n) is 4.89. The molecule has 210 valence electrons. The molecule has 1 aliphatic rings. The quantitative estimate of drug-likeness (QED) is 0.211. The Kier molecular flexibility index (Phi) is 7.85. The zero-order valence-corrected chi connectivity index (χ0v) is 23.0. The van der Waals surface area contributed by atoms with Crippen LogP contribution in [0.5, 0.6) is 11.5 Å². The molecule has 0 bridgehead atoms. The molecule has 1 aliphatic heterocycles. The zero-order valence-electron chi connectivity index (χ0n) is 23.0. The SMILES string of the molecule is CC(C)(CNC(=O)C(C#N)=CC1CCCN1)Cn1c(=O)n(-c2ccc(Oc3ccccc3)cc2)c2c(N)ncnc21. The summed E-state index contributed by atoms with van der Waals surface area (Å²) in [4.78, 5) is 35.1. The second-order valence-electron chi connectivity index (χ2n) is 10.8. The van der Waals surface area contributed by atoms with Crippen LogP contribution >= 0.6 is 0 Å². The summed E-state index contributed by atoms with van der Waals surface area (Å²) in [6, 6.07) is 18.5. The van der Waals surface area contributed by atoms with Gasteiger partial charge in [-0.25, -0.2) is 14.8 Å². The van der Waals surface area contributed by atoms with Gasteiger partial charge in [0.05, 0.1) is 5.69 Å². The third kappa shape index (κ3) is 6.13. The van der Waals surface area contributed by atoms with Gasteiger partial charge in [-0.15, -0.1) is 0 Å². The fraction of sp³-hybridized carbons (Fsp3) is 0.300. The van der Waals surface area contributed by atoms with Crippen molar-refractivity contribution in [3.8, 4) is 23.3 Å². The van der Waals surface area contributed by atoms with Crippen LogP contribution in [0.4, 0.5) is 5.82 Å². The van der Waals surface area contributed by atoms with Gasteiger partial charge >= 0.3 is 5.69 Å². The number of nitrogens with zero attached hydrogens (tertiary/aromatic N) is 5. The van der Waals surface area contributed by atoms with Gasteiger partial charge in [0, 0.05) is 24.5 Å². The molecule has 1 atom stereocenters. The van der Waals surface area contributed by atoms with Gasteiger partial charge in [0.15, 0.2) is 11.5 Å². The number of aromatic nitrogens is 4. The third-order valence-electron chi connectivity index (χ3n) is 6.95. The molecule has 0 saturated carbocycles. The minimum atomic E-state index is -0.572. The highest BCUT2D eigenvalue weighted by molar-refractivity contribution is 5.97. The lowest BCUT2D eigenvalue weighted by atomic mass is 9.93. The number of hydrogen-bond acceptors (Lipinski definition) is 8. The molecule has 1 amide bonds. The fourth-order valence-corrected chi connectivity index (χ4v) is 4.89. The molecule has 1 saturated heterocycles. The van der Waals surface area contributed by atoms with Crippen LogP contribution in [0.2, 0.25) is 0 Å². The van der Waals surface area contributed by atoms with E-state index in [4.69, 9.17) is 10.5 Å². The topological polar surface area (TPSA) is 153 Å². The number of ether oxygens (including phenoxy) is 1. The van der Waals surface area contributed by atoms with Gasteiger partial charge in [-0.1, -0.05) is 32.0 Å². The lowest BCUT2D eigenvalue weighted by Crippen LogP contribution is -2.39. The maximum Gasteiger partial charge on any atom is 0.335 e. The number of anilines is 1. The number of nitriles is 1. The van der Waals surface area contributed by atoms with Crippen molar-refractivity contribution in [3.05, 3.63) is 83.1 Å². The molecule has 3 heterocycles. The number of para-hydroxylation sites is 1. The second kappa shape index (κ2) is 11.7. The van der Waals surface area contributed by atoms with Crippen molar-refractivity contribution in [2.45, 2.75) is 39.3 Å². The van der Waals surface area contributed by atoms with Crippen LogP contribution in [0.25, 0.3) is 16.9 Å². The highest BCUT2D eigenvalue weighted by Crippen LogP contribution is 2.26. The van der Waals surface area contributed by atoms with E-state index in [1.54, 1.807) is 30.3 Å². The predicted molar refractivity (Wildman–Crippen MR) is 156 cm³/mol. The summed E-state index contributed by atoms with van der Waals surface area (Å²) in [6.07, 6.45) is 4.91. The lowest BCUT2D eigenvalue weighted by molar-refractivity contribution is -0.117. The van der Waals surface area contributed by atoms with Gasteiger partial charge in [0.25, 0.3) is 5.91 Å². The highest BCUT2D eigenvalue weighted by Gasteiger charge is 2.27. The Balaban J connectivity index is 1.39. The summed E-state index contributed by atoms with van der Waals surface area (Å²) in [6.45, 7) is 5.19. The number of hydrogen-bond donors (Lipinski definition) is 3. The Morgan fingerprint density at radius 1 is 1.20 bits per heavy atom. The summed E-state index contributed by atoms with van der Waals surface area (Å²) in [5.74, 6) is 1.06. The normalized spacial score (nSPS) is 15.5. The molecule has 0 radical (unpaired) electrons. The number of nitrogen functional groups attached to an aromatic ring is 1. The summed E-state index contributed by atoms with van der Waals surface area (Å²) in [5, 5.41) is 15.6. The minimum absolute atomic E-state index is 0.0252. The standard InChI is InChI=1S/C30H32N8O3/c1-30(2,17-34-28(39)20(16-31)15-21-7-6-14-33-21)18-37-27-25(26(32)35-19-36-27)38(29(37)40)22-10-12-24(13-11-22)41-23-8-4-3-5-9-23/h3-5,8-13,15,19,21,33H,6-7,14,17-18H2,1-2H3,(H,34,39)(H2,32,35,36). The number of carbonyl (C=O) groups is 1. The lowest BCUT2D eigenvalue weighted by Gasteiger charge is -2.25. The van der Waals surface area contributed by atoms with Crippen LogP contribution in [0.1, 0.15) is 26.7 Å². The molecule has 0 aliphatic carbocycles. The number of nitrogens with one attached hydrogen (secondary N) is 2. The molecule has 1 fully saturated rings. The number of carbonyl (C=O) groups excluding carboxylic acids is 1. The first-order valence-electron chi connectivity index (χ1n) is 13.4. The van der Waals surface area contributed by atoms with Gasteiger partial charge in [0.2, 0.25) is 0 Å². The highest BCUT2D eigenvalue weighted by atomic mass is 16.5. The van der Waals surface area contributed by atoms with Crippen molar-refractivity contribution in [3.63, 3.8) is 0 Å². The molecule has 41 heavy (non-hydrogen) atoms. The van der Waals surface area contributed by atoms with Gasteiger partial charge in [-0.05, 0) is 61.9 Å². The first-order valence-corrected chi connectivity index (χ1v) is 13.4. The number of benzene rings is 2. The van der Waals surface area contributed by atoms with Gasteiger partial charge in [-0.2, -0.15) is 5.26 Å². The van der Waals surface area contributed by atoms with Gasteiger partial charge in [-0.3, -0.25) is 13.9 Å². The molecular weight excluding hydrogens is 520 g/mol. The molecule has 11 nitrogen and oxygen atoms in total. The van der Waals surface area contributed by atoms with E-state index in [0.29, 0.717) is 28.4 Å². The van der Waals surface area contributed by atoms with E-state index >= 15 is 0 Å². The Hall–Kier alpha value is -4.95. The van der Waals surface area contributed by atoms with Gasteiger partial charge < -0.3 is 21.1 Å². The Labute approximate surface area is 237 Å². The number of nitrogens with two attached hydrogens (primary N) is 1. The second-order valence-corrected chi connectivity index (χ2v) is 10.8. The molecule has 4 N–H and O–H groups in total. The summed E-state index contributed by atoms with van der Waals surface area (Å²) in [5.41, 5.74) is 6.77. The Bertz CT molecular complexity index is 1680. The largest absolute Gasteiger partial charge is 0.457 e. The average Bonchev–Trinajstić information content (AvgIpc) is 3.58.